The molecule has 36 heavy (non-hydrogen) atoms. The number of piperidine rings is 1. The Morgan fingerprint density at radius 3 is 2.03 bits per heavy atom. The standard InChI is InChI=1S/C26H31N7O3/c1-15-13-16(2)21(17(3)14-15)29-26-31-24(27-4)30-25(32-26)28-20-9-11-33(12-10-20)22(34)18-5-7-19(8-6-18)23(35)36/h5-8,13-14,20H,9-12H2,1-4H3,(H,35,36)(H3,27,28,29,30,31,32). The SMILES string of the molecule is CNc1nc(Nc2c(C)cc(C)cc2C)nc(NC2CCN(C(=O)c3ccc(C(=O)O)cc3)CC2)n1. The van der Waals surface area contributed by atoms with E-state index in [0.29, 0.717) is 36.5 Å². The number of aromatic carboxylic acids is 1. The van der Waals surface area contributed by atoms with Crippen LogP contribution in [0, 0.1) is 20.8 Å². The molecule has 0 radical (unpaired) electrons. The topological polar surface area (TPSA) is 132 Å². The summed E-state index contributed by atoms with van der Waals surface area (Å²) in [4.78, 5) is 39.2. The maximum atomic E-state index is 12.8. The zero-order valence-corrected chi connectivity index (χ0v) is 20.9. The predicted molar refractivity (Wildman–Crippen MR) is 139 cm³/mol. The molecular formula is C26H31N7O3. The minimum Gasteiger partial charge on any atom is -0.478 e. The highest BCUT2D eigenvalue weighted by atomic mass is 16.4. The van der Waals surface area contributed by atoms with Crippen molar-refractivity contribution in [2.45, 2.75) is 39.7 Å². The number of rotatable bonds is 7. The van der Waals surface area contributed by atoms with Crippen LogP contribution in [0.2, 0.25) is 0 Å². The van der Waals surface area contributed by atoms with Crippen LogP contribution in [0.15, 0.2) is 36.4 Å². The minimum absolute atomic E-state index is 0.0988. The largest absolute Gasteiger partial charge is 0.478 e. The number of likely N-dealkylation sites (tertiary alicyclic amines) is 1. The number of carbonyl (C=O) groups is 2. The van der Waals surface area contributed by atoms with E-state index in [1.807, 2.05) is 0 Å². The minimum atomic E-state index is -1.01. The number of anilines is 4. The zero-order chi connectivity index (χ0) is 25.8. The van der Waals surface area contributed by atoms with Crippen LogP contribution in [-0.2, 0) is 0 Å². The van der Waals surface area contributed by atoms with Crippen molar-refractivity contribution < 1.29 is 14.7 Å². The Morgan fingerprint density at radius 1 is 0.889 bits per heavy atom. The normalized spacial score (nSPS) is 13.8. The number of nitrogens with one attached hydrogen (secondary N) is 3. The van der Waals surface area contributed by atoms with Crippen molar-refractivity contribution >= 4 is 35.4 Å². The first kappa shape index (κ1) is 24.9. The van der Waals surface area contributed by atoms with Gasteiger partial charge in [-0.25, -0.2) is 4.79 Å². The summed E-state index contributed by atoms with van der Waals surface area (Å²) < 4.78 is 0. The molecule has 3 aromatic rings. The maximum absolute atomic E-state index is 12.8. The molecule has 0 unspecified atom stereocenters. The van der Waals surface area contributed by atoms with E-state index in [4.69, 9.17) is 5.11 Å². The number of aryl methyl sites for hydroxylation is 3. The number of benzene rings is 2. The van der Waals surface area contributed by atoms with E-state index in [1.54, 1.807) is 24.1 Å². The van der Waals surface area contributed by atoms with Gasteiger partial charge in [0.2, 0.25) is 17.8 Å². The second kappa shape index (κ2) is 10.6. The van der Waals surface area contributed by atoms with Gasteiger partial charge >= 0.3 is 5.97 Å². The van der Waals surface area contributed by atoms with E-state index in [-0.39, 0.29) is 17.5 Å². The number of nitrogens with zero attached hydrogens (tertiary/aromatic N) is 4. The molecule has 0 aliphatic carbocycles. The van der Waals surface area contributed by atoms with Crippen LogP contribution in [0.5, 0.6) is 0 Å². The van der Waals surface area contributed by atoms with Gasteiger partial charge in [-0.15, -0.1) is 0 Å². The molecule has 4 rings (SSSR count). The fraction of sp³-hybridized carbons (Fsp3) is 0.346. The van der Waals surface area contributed by atoms with Crippen molar-refractivity contribution in [2.75, 3.05) is 36.1 Å². The molecule has 10 heteroatoms. The molecule has 2 heterocycles. The number of hydrogen-bond acceptors (Lipinski definition) is 8. The molecule has 188 valence electrons. The molecule has 10 nitrogen and oxygen atoms in total. The summed E-state index contributed by atoms with van der Waals surface area (Å²) in [5.41, 5.74) is 5.05. The second-order valence-electron chi connectivity index (χ2n) is 9.05. The summed E-state index contributed by atoms with van der Waals surface area (Å²) in [6.45, 7) is 7.33. The molecule has 2 aromatic carbocycles. The van der Waals surface area contributed by atoms with Gasteiger partial charge in [0.15, 0.2) is 0 Å². The smallest absolute Gasteiger partial charge is 0.335 e. The average molecular weight is 490 g/mol. The highest BCUT2D eigenvalue weighted by molar-refractivity contribution is 5.96. The van der Waals surface area contributed by atoms with Crippen LogP contribution in [0.3, 0.4) is 0 Å². The Kier molecular flexibility index (Phi) is 7.33. The second-order valence-corrected chi connectivity index (χ2v) is 9.05. The van der Waals surface area contributed by atoms with Crippen molar-refractivity contribution in [1.29, 1.82) is 0 Å². The van der Waals surface area contributed by atoms with Gasteiger partial charge in [-0.1, -0.05) is 17.7 Å². The Balaban J connectivity index is 1.41. The maximum Gasteiger partial charge on any atom is 0.335 e. The first-order valence-electron chi connectivity index (χ1n) is 11.9. The molecule has 0 spiro atoms. The van der Waals surface area contributed by atoms with Crippen molar-refractivity contribution in [2.24, 2.45) is 0 Å². The van der Waals surface area contributed by atoms with Crippen LogP contribution >= 0.6 is 0 Å². The Bertz CT molecular complexity index is 1250. The first-order chi connectivity index (χ1) is 17.2. The molecule has 4 N–H and O–H groups in total. The third-order valence-corrected chi connectivity index (χ3v) is 6.27. The molecular weight excluding hydrogens is 458 g/mol. The van der Waals surface area contributed by atoms with Gasteiger partial charge in [-0.2, -0.15) is 15.0 Å². The van der Waals surface area contributed by atoms with E-state index in [9.17, 15) is 9.59 Å². The van der Waals surface area contributed by atoms with Crippen molar-refractivity contribution in [3.8, 4) is 0 Å². The summed E-state index contributed by atoms with van der Waals surface area (Å²) in [5, 5.41) is 18.8. The summed E-state index contributed by atoms with van der Waals surface area (Å²) in [6.07, 6.45) is 1.47. The van der Waals surface area contributed by atoms with Crippen LogP contribution in [0.25, 0.3) is 0 Å². The third kappa shape index (κ3) is 5.70. The van der Waals surface area contributed by atoms with Crippen molar-refractivity contribution in [3.05, 3.63) is 64.2 Å². The van der Waals surface area contributed by atoms with Gasteiger partial charge in [-0.05, 0) is 69.0 Å². The van der Waals surface area contributed by atoms with Gasteiger partial charge in [-0.3, -0.25) is 4.79 Å². The number of hydrogen-bond donors (Lipinski definition) is 4. The highest BCUT2D eigenvalue weighted by Crippen LogP contribution is 2.26. The lowest BCUT2D eigenvalue weighted by Gasteiger charge is -2.32. The molecule has 1 aliphatic rings. The fourth-order valence-electron chi connectivity index (χ4n) is 4.44. The fourth-order valence-corrected chi connectivity index (χ4v) is 4.44. The van der Waals surface area contributed by atoms with Gasteiger partial charge < -0.3 is 26.0 Å². The van der Waals surface area contributed by atoms with Gasteiger partial charge in [0, 0.05) is 37.4 Å². The monoisotopic (exact) mass is 489 g/mol. The summed E-state index contributed by atoms with van der Waals surface area (Å²) in [6, 6.07) is 10.4. The van der Waals surface area contributed by atoms with Crippen LogP contribution in [0.1, 0.15) is 50.2 Å². The summed E-state index contributed by atoms with van der Waals surface area (Å²) in [5.74, 6) is 0.258. The number of carboxylic acids is 1. The molecule has 1 aliphatic heterocycles. The van der Waals surface area contributed by atoms with E-state index in [0.717, 1.165) is 29.7 Å². The average Bonchev–Trinajstić information content (AvgIpc) is 2.86. The molecule has 1 aromatic heterocycles. The van der Waals surface area contributed by atoms with Gasteiger partial charge in [0.25, 0.3) is 5.91 Å². The molecule has 1 saturated heterocycles. The van der Waals surface area contributed by atoms with Crippen LogP contribution in [-0.4, -0.2) is 63.0 Å². The van der Waals surface area contributed by atoms with E-state index < -0.39 is 5.97 Å². The zero-order valence-electron chi connectivity index (χ0n) is 20.9. The third-order valence-electron chi connectivity index (χ3n) is 6.27. The summed E-state index contributed by atoms with van der Waals surface area (Å²) >= 11 is 0. The van der Waals surface area contributed by atoms with Gasteiger partial charge in [0.1, 0.15) is 0 Å². The van der Waals surface area contributed by atoms with E-state index in [2.05, 4.69) is 63.8 Å². The lowest BCUT2D eigenvalue weighted by Crippen LogP contribution is -2.42. The summed E-state index contributed by atoms with van der Waals surface area (Å²) in [7, 11) is 1.76. The number of carboxylic acid groups (broad SMARTS) is 1. The van der Waals surface area contributed by atoms with Crippen molar-refractivity contribution in [3.63, 3.8) is 0 Å². The Labute approximate surface area is 210 Å². The molecule has 0 bridgehead atoms. The Hall–Kier alpha value is -4.21. The molecule has 0 atom stereocenters. The molecule has 1 amide bonds. The van der Waals surface area contributed by atoms with E-state index in [1.165, 1.54) is 17.7 Å². The van der Waals surface area contributed by atoms with Crippen LogP contribution in [0.4, 0.5) is 23.5 Å². The number of aromatic nitrogens is 3. The molecule has 0 saturated carbocycles. The quantitative estimate of drug-likeness (QED) is 0.389. The Morgan fingerprint density at radius 2 is 1.44 bits per heavy atom. The number of amides is 1. The van der Waals surface area contributed by atoms with Crippen molar-refractivity contribution in [1.82, 2.24) is 19.9 Å². The van der Waals surface area contributed by atoms with E-state index >= 15 is 0 Å². The van der Waals surface area contributed by atoms with Crippen LogP contribution < -0.4 is 16.0 Å². The highest BCUT2D eigenvalue weighted by Gasteiger charge is 2.24. The lowest BCUT2D eigenvalue weighted by atomic mass is 10.0. The first-order valence-corrected chi connectivity index (χ1v) is 11.9. The van der Waals surface area contributed by atoms with Gasteiger partial charge in [0.05, 0.1) is 5.56 Å². The predicted octanol–water partition coefficient (Wildman–Crippen LogP) is 4.00. The molecule has 1 fully saturated rings. The number of carbonyl (C=O) groups excluding carboxylic acids is 1. The lowest BCUT2D eigenvalue weighted by molar-refractivity contribution is 0.0690.